The first-order chi connectivity index (χ1) is 5.52. The first-order valence-corrected chi connectivity index (χ1v) is 5.60. The van der Waals surface area contributed by atoms with Crippen molar-refractivity contribution in [2.24, 2.45) is 0 Å². The van der Waals surface area contributed by atoms with Gasteiger partial charge in [-0.15, -0.1) is 0 Å². The van der Waals surface area contributed by atoms with Gasteiger partial charge in [-0.1, -0.05) is 31.7 Å². The highest BCUT2D eigenvalue weighted by molar-refractivity contribution is 7.94. The molecule has 68 valence electrons. The van der Waals surface area contributed by atoms with Gasteiger partial charge in [-0.25, -0.2) is 8.42 Å². The molecule has 12 heavy (non-hydrogen) atoms. The standard InChI is InChI=1S/C9H14O2S/c1-4-6-7-8-9(5-2)12(3,10)11/h5-8H,2,4H2,1,3H3/b7-6-,9-8+. The minimum Gasteiger partial charge on any atom is -0.224 e. The normalized spacial score (nSPS) is 13.7. The minimum absolute atomic E-state index is 0.257. The van der Waals surface area contributed by atoms with Gasteiger partial charge in [0.05, 0.1) is 4.91 Å². The third kappa shape index (κ3) is 4.13. The van der Waals surface area contributed by atoms with Gasteiger partial charge in [0, 0.05) is 6.26 Å². The fraction of sp³-hybridized carbons (Fsp3) is 0.333. The molecule has 0 saturated carbocycles. The molecule has 0 aliphatic carbocycles. The molecule has 2 nitrogen and oxygen atoms in total. The predicted octanol–water partition coefficient (Wildman–Crippen LogP) is 2.07. The molecule has 0 N–H and O–H groups in total. The molecular formula is C9H14O2S. The second-order valence-electron chi connectivity index (χ2n) is 2.38. The summed E-state index contributed by atoms with van der Waals surface area (Å²) in [4.78, 5) is 0.257. The summed E-state index contributed by atoms with van der Waals surface area (Å²) in [5.41, 5.74) is 0. The average Bonchev–Trinajstić information content (AvgIpc) is 1.95. The molecular weight excluding hydrogens is 172 g/mol. The Morgan fingerprint density at radius 1 is 1.50 bits per heavy atom. The third-order valence-corrected chi connectivity index (χ3v) is 2.42. The lowest BCUT2D eigenvalue weighted by atomic mass is 10.4. The van der Waals surface area contributed by atoms with E-state index in [1.807, 2.05) is 13.0 Å². The van der Waals surface area contributed by atoms with Gasteiger partial charge in [-0.05, 0) is 12.5 Å². The summed E-state index contributed by atoms with van der Waals surface area (Å²) >= 11 is 0. The molecule has 0 fully saturated rings. The van der Waals surface area contributed by atoms with Crippen LogP contribution < -0.4 is 0 Å². The number of hydrogen-bond donors (Lipinski definition) is 0. The zero-order chi connectivity index (χ0) is 9.61. The predicted molar refractivity (Wildman–Crippen MR) is 52.6 cm³/mol. The fourth-order valence-corrected chi connectivity index (χ4v) is 1.27. The fourth-order valence-electron chi connectivity index (χ4n) is 0.642. The van der Waals surface area contributed by atoms with E-state index < -0.39 is 9.84 Å². The van der Waals surface area contributed by atoms with Crippen molar-refractivity contribution in [3.05, 3.63) is 35.8 Å². The van der Waals surface area contributed by atoms with E-state index in [1.54, 1.807) is 12.2 Å². The molecule has 0 heterocycles. The molecule has 0 spiro atoms. The maximum absolute atomic E-state index is 11.0. The van der Waals surface area contributed by atoms with E-state index in [2.05, 4.69) is 6.58 Å². The summed E-state index contributed by atoms with van der Waals surface area (Å²) in [6.07, 6.45) is 8.55. The highest BCUT2D eigenvalue weighted by Gasteiger charge is 2.04. The van der Waals surface area contributed by atoms with Crippen molar-refractivity contribution < 1.29 is 8.42 Å². The van der Waals surface area contributed by atoms with Crippen LogP contribution in [0, 0.1) is 0 Å². The maximum Gasteiger partial charge on any atom is 0.175 e. The van der Waals surface area contributed by atoms with Crippen LogP contribution in [0.4, 0.5) is 0 Å². The Morgan fingerprint density at radius 3 is 2.42 bits per heavy atom. The van der Waals surface area contributed by atoms with Gasteiger partial charge < -0.3 is 0 Å². The molecule has 0 aliphatic rings. The Balaban J connectivity index is 4.69. The summed E-state index contributed by atoms with van der Waals surface area (Å²) < 4.78 is 22.0. The largest absolute Gasteiger partial charge is 0.224 e. The van der Waals surface area contributed by atoms with E-state index in [9.17, 15) is 8.42 Å². The van der Waals surface area contributed by atoms with Gasteiger partial charge in [0.1, 0.15) is 0 Å². The van der Waals surface area contributed by atoms with Crippen LogP contribution in [0.2, 0.25) is 0 Å². The van der Waals surface area contributed by atoms with Crippen molar-refractivity contribution in [3.63, 3.8) is 0 Å². The summed E-state index contributed by atoms with van der Waals surface area (Å²) in [6, 6.07) is 0. The number of sulfone groups is 1. The van der Waals surface area contributed by atoms with E-state index in [4.69, 9.17) is 0 Å². The van der Waals surface area contributed by atoms with Crippen molar-refractivity contribution in [2.75, 3.05) is 6.26 Å². The van der Waals surface area contributed by atoms with E-state index in [0.717, 1.165) is 6.42 Å². The van der Waals surface area contributed by atoms with E-state index in [-0.39, 0.29) is 4.91 Å². The molecule has 0 saturated heterocycles. The van der Waals surface area contributed by atoms with Crippen LogP contribution in [-0.2, 0) is 9.84 Å². The molecule has 0 atom stereocenters. The Kier molecular flexibility index (Phi) is 4.59. The van der Waals surface area contributed by atoms with Gasteiger partial charge in [-0.3, -0.25) is 0 Å². The van der Waals surface area contributed by atoms with Crippen LogP contribution in [-0.4, -0.2) is 14.7 Å². The van der Waals surface area contributed by atoms with Gasteiger partial charge in [0.25, 0.3) is 0 Å². The lowest BCUT2D eigenvalue weighted by Crippen LogP contribution is -1.97. The van der Waals surface area contributed by atoms with Crippen LogP contribution in [0.3, 0.4) is 0 Å². The van der Waals surface area contributed by atoms with Crippen LogP contribution in [0.5, 0.6) is 0 Å². The minimum atomic E-state index is -3.10. The van der Waals surface area contributed by atoms with Gasteiger partial charge in [0.2, 0.25) is 0 Å². The topological polar surface area (TPSA) is 34.1 Å². The van der Waals surface area contributed by atoms with Crippen molar-refractivity contribution in [1.82, 2.24) is 0 Å². The number of hydrogen-bond acceptors (Lipinski definition) is 2. The molecule has 0 aromatic carbocycles. The Bertz CT molecular complexity index is 294. The first kappa shape index (κ1) is 11.2. The average molecular weight is 186 g/mol. The molecule has 0 aromatic rings. The van der Waals surface area contributed by atoms with Crippen molar-refractivity contribution in [3.8, 4) is 0 Å². The Labute approximate surface area is 74.2 Å². The van der Waals surface area contributed by atoms with E-state index in [1.165, 1.54) is 12.3 Å². The maximum atomic E-state index is 11.0. The lowest BCUT2D eigenvalue weighted by molar-refractivity contribution is 0.608. The van der Waals surface area contributed by atoms with E-state index in [0.29, 0.717) is 0 Å². The van der Waals surface area contributed by atoms with Crippen LogP contribution in [0.15, 0.2) is 35.8 Å². The monoisotopic (exact) mass is 186 g/mol. The molecule has 0 bridgehead atoms. The number of rotatable bonds is 4. The smallest absolute Gasteiger partial charge is 0.175 e. The molecule has 0 aromatic heterocycles. The van der Waals surface area contributed by atoms with Crippen molar-refractivity contribution in [2.45, 2.75) is 13.3 Å². The molecule has 0 rings (SSSR count). The third-order valence-electron chi connectivity index (χ3n) is 1.26. The molecule has 0 radical (unpaired) electrons. The van der Waals surface area contributed by atoms with Crippen LogP contribution in [0.25, 0.3) is 0 Å². The van der Waals surface area contributed by atoms with Gasteiger partial charge >= 0.3 is 0 Å². The molecule has 0 unspecified atom stereocenters. The second kappa shape index (κ2) is 4.93. The van der Waals surface area contributed by atoms with Gasteiger partial charge in [-0.2, -0.15) is 0 Å². The lowest BCUT2D eigenvalue weighted by Gasteiger charge is -1.94. The van der Waals surface area contributed by atoms with Crippen LogP contribution in [0.1, 0.15) is 13.3 Å². The van der Waals surface area contributed by atoms with Crippen LogP contribution >= 0.6 is 0 Å². The second-order valence-corrected chi connectivity index (χ2v) is 4.40. The van der Waals surface area contributed by atoms with E-state index >= 15 is 0 Å². The number of allylic oxidation sites excluding steroid dienone is 4. The summed E-state index contributed by atoms with van der Waals surface area (Å²) in [5, 5.41) is 0. The highest BCUT2D eigenvalue weighted by atomic mass is 32.2. The van der Waals surface area contributed by atoms with Crippen molar-refractivity contribution >= 4 is 9.84 Å². The zero-order valence-electron chi connectivity index (χ0n) is 7.45. The SMILES string of the molecule is C=C/C(=C\C=C/CC)S(C)(=O)=O. The highest BCUT2D eigenvalue weighted by Crippen LogP contribution is 2.05. The van der Waals surface area contributed by atoms with Gasteiger partial charge in [0.15, 0.2) is 9.84 Å². The zero-order valence-corrected chi connectivity index (χ0v) is 8.26. The first-order valence-electron chi connectivity index (χ1n) is 3.71. The van der Waals surface area contributed by atoms with Crippen molar-refractivity contribution in [1.29, 1.82) is 0 Å². The summed E-state index contributed by atoms with van der Waals surface area (Å²) in [5.74, 6) is 0. The molecule has 3 heteroatoms. The quantitative estimate of drug-likeness (QED) is 0.630. The summed E-state index contributed by atoms with van der Waals surface area (Å²) in [6.45, 7) is 5.41. The molecule has 0 aliphatic heterocycles. The molecule has 0 amide bonds. The summed E-state index contributed by atoms with van der Waals surface area (Å²) in [7, 11) is -3.10. The Hall–Kier alpha value is -0.830. The Morgan fingerprint density at radius 2 is 2.08 bits per heavy atom.